The molecule has 0 bridgehead atoms. The van der Waals surface area contributed by atoms with Crippen molar-refractivity contribution in [3.05, 3.63) is 46.5 Å². The SMILES string of the molecule is CCC(C)Nc1ccc(N)c2c1C(=O)c1c(O)ccc(N)c1C2=O. The number of carbonyl (C=O) groups excluding carboxylic acids is 2. The molecule has 3 rings (SSSR count). The highest BCUT2D eigenvalue weighted by Crippen LogP contribution is 2.40. The molecule has 2 aromatic carbocycles. The molecule has 6 nitrogen and oxygen atoms in total. The maximum Gasteiger partial charge on any atom is 0.200 e. The molecule has 0 spiro atoms. The van der Waals surface area contributed by atoms with Crippen molar-refractivity contribution in [1.82, 2.24) is 0 Å². The van der Waals surface area contributed by atoms with Gasteiger partial charge in [0.1, 0.15) is 5.75 Å². The topological polar surface area (TPSA) is 118 Å². The minimum Gasteiger partial charge on any atom is -0.507 e. The van der Waals surface area contributed by atoms with Crippen molar-refractivity contribution in [2.24, 2.45) is 0 Å². The van der Waals surface area contributed by atoms with Crippen LogP contribution in [-0.2, 0) is 0 Å². The number of rotatable bonds is 3. The van der Waals surface area contributed by atoms with E-state index in [1.165, 1.54) is 12.1 Å². The van der Waals surface area contributed by atoms with Crippen LogP contribution in [0.5, 0.6) is 5.75 Å². The van der Waals surface area contributed by atoms with Crippen molar-refractivity contribution in [2.45, 2.75) is 26.3 Å². The Labute approximate surface area is 139 Å². The highest BCUT2D eigenvalue weighted by atomic mass is 16.3. The fraction of sp³-hybridized carbons (Fsp3) is 0.222. The molecule has 0 aliphatic heterocycles. The third-order valence-corrected chi connectivity index (χ3v) is 4.38. The van der Waals surface area contributed by atoms with Gasteiger partial charge in [0.25, 0.3) is 0 Å². The van der Waals surface area contributed by atoms with Crippen molar-refractivity contribution in [3.8, 4) is 5.75 Å². The van der Waals surface area contributed by atoms with Gasteiger partial charge in [-0.1, -0.05) is 6.92 Å². The first-order chi connectivity index (χ1) is 11.4. The van der Waals surface area contributed by atoms with E-state index >= 15 is 0 Å². The monoisotopic (exact) mass is 325 g/mol. The largest absolute Gasteiger partial charge is 0.507 e. The zero-order valence-electron chi connectivity index (χ0n) is 13.5. The van der Waals surface area contributed by atoms with E-state index in [0.29, 0.717) is 5.69 Å². The Balaban J connectivity index is 2.30. The number of phenolic OH excluding ortho intramolecular Hbond substituents is 1. The highest BCUT2D eigenvalue weighted by Gasteiger charge is 2.37. The van der Waals surface area contributed by atoms with Crippen LogP contribution in [0.1, 0.15) is 52.1 Å². The van der Waals surface area contributed by atoms with E-state index in [0.717, 1.165) is 6.42 Å². The lowest BCUT2D eigenvalue weighted by atomic mass is 9.81. The molecule has 0 aromatic heterocycles. The van der Waals surface area contributed by atoms with Gasteiger partial charge in [-0.25, -0.2) is 0 Å². The van der Waals surface area contributed by atoms with Crippen molar-refractivity contribution in [2.75, 3.05) is 16.8 Å². The molecule has 2 aromatic rings. The van der Waals surface area contributed by atoms with Gasteiger partial charge in [0.05, 0.1) is 22.3 Å². The van der Waals surface area contributed by atoms with Gasteiger partial charge < -0.3 is 21.9 Å². The summed E-state index contributed by atoms with van der Waals surface area (Å²) in [6.45, 7) is 3.98. The number of nitrogen functional groups attached to an aromatic ring is 2. The summed E-state index contributed by atoms with van der Waals surface area (Å²) < 4.78 is 0. The lowest BCUT2D eigenvalue weighted by Crippen LogP contribution is -2.26. The van der Waals surface area contributed by atoms with Crippen LogP contribution in [0.25, 0.3) is 0 Å². The van der Waals surface area contributed by atoms with Crippen LogP contribution in [0.2, 0.25) is 0 Å². The predicted molar refractivity (Wildman–Crippen MR) is 93.6 cm³/mol. The molecule has 0 fully saturated rings. The number of phenols is 1. The highest BCUT2D eigenvalue weighted by molar-refractivity contribution is 6.34. The maximum absolute atomic E-state index is 13.0. The number of carbonyl (C=O) groups is 2. The maximum atomic E-state index is 13.0. The first-order valence-electron chi connectivity index (χ1n) is 7.76. The summed E-state index contributed by atoms with van der Waals surface area (Å²) in [6.07, 6.45) is 0.843. The van der Waals surface area contributed by atoms with Crippen LogP contribution < -0.4 is 16.8 Å². The van der Waals surface area contributed by atoms with E-state index < -0.39 is 11.6 Å². The van der Waals surface area contributed by atoms with E-state index in [1.54, 1.807) is 12.1 Å². The van der Waals surface area contributed by atoms with Crippen molar-refractivity contribution in [1.29, 1.82) is 0 Å². The summed E-state index contributed by atoms with van der Waals surface area (Å²) in [5, 5.41) is 13.3. The van der Waals surface area contributed by atoms with Gasteiger partial charge in [0.15, 0.2) is 11.6 Å². The summed E-state index contributed by atoms with van der Waals surface area (Å²) in [4.78, 5) is 25.9. The average Bonchev–Trinajstić information content (AvgIpc) is 2.55. The summed E-state index contributed by atoms with van der Waals surface area (Å²) in [6, 6.07) is 6.11. The van der Waals surface area contributed by atoms with Gasteiger partial charge in [0, 0.05) is 23.1 Å². The minimum absolute atomic E-state index is 0.0138. The Bertz CT molecular complexity index is 874. The van der Waals surface area contributed by atoms with Crippen LogP contribution in [0.15, 0.2) is 24.3 Å². The molecule has 6 N–H and O–H groups in total. The van der Waals surface area contributed by atoms with Crippen LogP contribution >= 0.6 is 0 Å². The number of aromatic hydroxyl groups is 1. The fourth-order valence-electron chi connectivity index (χ4n) is 2.92. The van der Waals surface area contributed by atoms with E-state index in [4.69, 9.17) is 11.5 Å². The number of anilines is 3. The second kappa shape index (κ2) is 5.56. The molecular weight excluding hydrogens is 306 g/mol. The van der Waals surface area contributed by atoms with Gasteiger partial charge in [-0.2, -0.15) is 0 Å². The number of nitrogens with one attached hydrogen (secondary N) is 1. The van der Waals surface area contributed by atoms with Crippen LogP contribution in [-0.4, -0.2) is 22.7 Å². The Kier molecular flexibility index (Phi) is 3.67. The average molecular weight is 325 g/mol. The number of hydrogen-bond acceptors (Lipinski definition) is 6. The molecule has 1 aliphatic carbocycles. The van der Waals surface area contributed by atoms with E-state index in [-0.39, 0.29) is 45.4 Å². The molecule has 0 amide bonds. The molecular formula is C18H19N3O3. The van der Waals surface area contributed by atoms with Crippen LogP contribution in [0.4, 0.5) is 17.1 Å². The van der Waals surface area contributed by atoms with Gasteiger partial charge in [-0.15, -0.1) is 0 Å². The van der Waals surface area contributed by atoms with Crippen LogP contribution in [0, 0.1) is 0 Å². The smallest absolute Gasteiger partial charge is 0.200 e. The molecule has 124 valence electrons. The van der Waals surface area contributed by atoms with Crippen LogP contribution in [0.3, 0.4) is 0 Å². The molecule has 0 radical (unpaired) electrons. The zero-order valence-corrected chi connectivity index (χ0v) is 13.5. The molecule has 0 saturated heterocycles. The summed E-state index contributed by atoms with van der Waals surface area (Å²) in [5.74, 6) is -1.17. The third-order valence-electron chi connectivity index (χ3n) is 4.38. The number of ketones is 2. The van der Waals surface area contributed by atoms with Gasteiger partial charge >= 0.3 is 0 Å². The quantitative estimate of drug-likeness (QED) is 0.434. The Morgan fingerprint density at radius 1 is 0.958 bits per heavy atom. The standard InChI is InChI=1S/C18H19N3O3/c1-3-8(2)21-11-6-4-9(19)13-15(11)18(24)16-12(22)7-5-10(20)14(16)17(13)23/h4-8,21-22H,3,19-20H2,1-2H3. The molecule has 1 atom stereocenters. The molecule has 1 unspecified atom stereocenters. The molecule has 0 saturated carbocycles. The van der Waals surface area contributed by atoms with E-state index in [1.807, 2.05) is 13.8 Å². The van der Waals surface area contributed by atoms with Gasteiger partial charge in [0.2, 0.25) is 0 Å². The summed E-state index contributed by atoms with van der Waals surface area (Å²) in [7, 11) is 0. The molecule has 6 heteroatoms. The molecule has 0 heterocycles. The Morgan fingerprint density at radius 2 is 1.50 bits per heavy atom. The number of hydrogen-bond donors (Lipinski definition) is 4. The summed E-state index contributed by atoms with van der Waals surface area (Å²) >= 11 is 0. The number of benzene rings is 2. The normalized spacial score (nSPS) is 14.1. The molecule has 24 heavy (non-hydrogen) atoms. The third kappa shape index (κ3) is 2.19. The summed E-state index contributed by atoms with van der Waals surface area (Å²) in [5.41, 5.74) is 13.0. The van der Waals surface area contributed by atoms with Gasteiger partial charge in [-0.05, 0) is 37.6 Å². The first-order valence-corrected chi connectivity index (χ1v) is 7.76. The zero-order chi connectivity index (χ0) is 17.6. The predicted octanol–water partition coefficient (Wildman–Crippen LogP) is 2.54. The van der Waals surface area contributed by atoms with E-state index in [2.05, 4.69) is 5.32 Å². The Morgan fingerprint density at radius 3 is 2.12 bits per heavy atom. The second-order valence-electron chi connectivity index (χ2n) is 5.99. The van der Waals surface area contributed by atoms with Crippen molar-refractivity contribution >= 4 is 28.6 Å². The lowest BCUT2D eigenvalue weighted by molar-refractivity contribution is 0.0978. The minimum atomic E-state index is -0.456. The van der Waals surface area contributed by atoms with Gasteiger partial charge in [-0.3, -0.25) is 9.59 Å². The Hall–Kier alpha value is -3.02. The number of fused-ring (bicyclic) bond motifs is 2. The second-order valence-corrected chi connectivity index (χ2v) is 5.99. The van der Waals surface area contributed by atoms with Crippen molar-refractivity contribution in [3.63, 3.8) is 0 Å². The first kappa shape index (κ1) is 15.9. The molecule has 1 aliphatic rings. The van der Waals surface area contributed by atoms with E-state index in [9.17, 15) is 14.7 Å². The van der Waals surface area contributed by atoms with Crippen molar-refractivity contribution < 1.29 is 14.7 Å². The number of nitrogens with two attached hydrogens (primary N) is 2. The lowest BCUT2D eigenvalue weighted by Gasteiger charge is -2.25. The fourth-order valence-corrected chi connectivity index (χ4v) is 2.92.